The molecular formula is C22H27N3O3. The van der Waals surface area contributed by atoms with Crippen molar-refractivity contribution in [1.29, 1.82) is 0 Å². The van der Waals surface area contributed by atoms with E-state index in [9.17, 15) is 14.7 Å². The van der Waals surface area contributed by atoms with Gasteiger partial charge < -0.3 is 14.9 Å². The number of nitrogens with zero attached hydrogens (tertiary/aromatic N) is 3. The second-order valence-corrected chi connectivity index (χ2v) is 7.91. The minimum atomic E-state index is -0.521. The summed E-state index contributed by atoms with van der Waals surface area (Å²) in [7, 11) is 0. The Labute approximate surface area is 165 Å². The maximum absolute atomic E-state index is 12.6. The molecule has 28 heavy (non-hydrogen) atoms. The summed E-state index contributed by atoms with van der Waals surface area (Å²) >= 11 is 0. The van der Waals surface area contributed by atoms with Crippen LogP contribution in [0, 0.1) is 5.92 Å². The molecule has 2 amide bonds. The number of pyridine rings is 1. The quantitative estimate of drug-likeness (QED) is 0.860. The number of para-hydroxylation sites is 1. The van der Waals surface area contributed by atoms with Gasteiger partial charge in [-0.2, -0.15) is 0 Å². The van der Waals surface area contributed by atoms with Crippen molar-refractivity contribution in [1.82, 2.24) is 14.8 Å². The summed E-state index contributed by atoms with van der Waals surface area (Å²) in [5, 5.41) is 11.6. The predicted molar refractivity (Wildman–Crippen MR) is 107 cm³/mol. The first-order valence-corrected chi connectivity index (χ1v) is 10.2. The van der Waals surface area contributed by atoms with E-state index in [1.165, 1.54) is 0 Å². The number of aliphatic hydroxyl groups excluding tert-OH is 1. The van der Waals surface area contributed by atoms with Crippen LogP contribution >= 0.6 is 0 Å². The Morgan fingerprint density at radius 1 is 1.18 bits per heavy atom. The monoisotopic (exact) mass is 381 g/mol. The van der Waals surface area contributed by atoms with Gasteiger partial charge in [0, 0.05) is 56.5 Å². The van der Waals surface area contributed by atoms with E-state index in [0.29, 0.717) is 32.5 Å². The Balaban J connectivity index is 1.36. The van der Waals surface area contributed by atoms with Gasteiger partial charge in [-0.25, -0.2) is 0 Å². The molecule has 0 saturated carbocycles. The lowest BCUT2D eigenvalue weighted by molar-refractivity contribution is -0.135. The van der Waals surface area contributed by atoms with E-state index >= 15 is 0 Å². The number of carbonyl (C=O) groups excluding carboxylic acids is 2. The maximum Gasteiger partial charge on any atom is 0.224 e. The van der Waals surface area contributed by atoms with Gasteiger partial charge in [0.05, 0.1) is 11.6 Å². The van der Waals surface area contributed by atoms with Crippen LogP contribution in [0.2, 0.25) is 0 Å². The SMILES string of the molecule is O=C1CCCCN1CCC(=O)N1C[C@@H](Cc2ccnc3ccccc23)[C@@H](O)C1. The Kier molecular flexibility index (Phi) is 5.57. The summed E-state index contributed by atoms with van der Waals surface area (Å²) in [4.78, 5) is 32.5. The predicted octanol–water partition coefficient (Wildman–Crippen LogP) is 2.00. The number of likely N-dealkylation sites (tertiary alicyclic amines) is 2. The minimum Gasteiger partial charge on any atom is -0.391 e. The largest absolute Gasteiger partial charge is 0.391 e. The van der Waals surface area contributed by atoms with Crippen molar-refractivity contribution in [2.24, 2.45) is 5.92 Å². The van der Waals surface area contributed by atoms with Crippen LogP contribution in [0.1, 0.15) is 31.2 Å². The van der Waals surface area contributed by atoms with Crippen molar-refractivity contribution in [3.05, 3.63) is 42.1 Å². The molecule has 2 aliphatic rings. The van der Waals surface area contributed by atoms with Crippen LogP contribution in [0.15, 0.2) is 36.5 Å². The minimum absolute atomic E-state index is 0.0198. The highest BCUT2D eigenvalue weighted by atomic mass is 16.3. The third-order valence-corrected chi connectivity index (χ3v) is 6.00. The Morgan fingerprint density at radius 3 is 2.89 bits per heavy atom. The highest BCUT2D eigenvalue weighted by Crippen LogP contribution is 2.26. The van der Waals surface area contributed by atoms with Crippen LogP contribution in [0.4, 0.5) is 0 Å². The van der Waals surface area contributed by atoms with E-state index in [1.54, 1.807) is 16.0 Å². The number of β-amino-alcohol motifs (C(OH)–C–C–N with tert-alkyl or cyclic N) is 1. The number of amides is 2. The smallest absolute Gasteiger partial charge is 0.224 e. The molecule has 0 spiro atoms. The molecule has 0 unspecified atom stereocenters. The molecule has 6 nitrogen and oxygen atoms in total. The summed E-state index contributed by atoms with van der Waals surface area (Å²) in [6, 6.07) is 10.0. The number of carbonyl (C=O) groups is 2. The Hall–Kier alpha value is -2.47. The van der Waals surface area contributed by atoms with Crippen molar-refractivity contribution < 1.29 is 14.7 Å². The van der Waals surface area contributed by atoms with Crippen LogP contribution < -0.4 is 0 Å². The first-order valence-electron chi connectivity index (χ1n) is 10.2. The summed E-state index contributed by atoms with van der Waals surface area (Å²) in [5.41, 5.74) is 2.11. The van der Waals surface area contributed by atoms with Crippen molar-refractivity contribution >= 4 is 22.7 Å². The molecule has 1 aromatic carbocycles. The molecule has 148 valence electrons. The third kappa shape index (κ3) is 4.02. The highest BCUT2D eigenvalue weighted by molar-refractivity contribution is 5.82. The molecule has 0 aliphatic carbocycles. The molecule has 2 atom stereocenters. The van der Waals surface area contributed by atoms with Crippen LogP contribution in [-0.4, -0.2) is 64.0 Å². The van der Waals surface area contributed by atoms with Crippen molar-refractivity contribution in [3.8, 4) is 0 Å². The number of hydrogen-bond donors (Lipinski definition) is 1. The normalized spacial score (nSPS) is 22.8. The summed E-state index contributed by atoms with van der Waals surface area (Å²) in [6.45, 7) is 2.18. The topological polar surface area (TPSA) is 73.7 Å². The molecule has 2 aliphatic heterocycles. The first-order chi connectivity index (χ1) is 13.6. The van der Waals surface area contributed by atoms with Gasteiger partial charge in [-0.05, 0) is 37.0 Å². The molecule has 2 fully saturated rings. The van der Waals surface area contributed by atoms with Crippen molar-refractivity contribution in [2.75, 3.05) is 26.2 Å². The van der Waals surface area contributed by atoms with Crippen molar-refractivity contribution in [3.63, 3.8) is 0 Å². The van der Waals surface area contributed by atoms with Gasteiger partial charge in [-0.1, -0.05) is 18.2 Å². The lowest BCUT2D eigenvalue weighted by Crippen LogP contribution is -2.39. The highest BCUT2D eigenvalue weighted by Gasteiger charge is 2.34. The van der Waals surface area contributed by atoms with Crippen LogP contribution in [0.3, 0.4) is 0 Å². The van der Waals surface area contributed by atoms with Gasteiger partial charge in [0.2, 0.25) is 11.8 Å². The lowest BCUT2D eigenvalue weighted by Gasteiger charge is -2.27. The van der Waals surface area contributed by atoms with Gasteiger partial charge >= 0.3 is 0 Å². The molecule has 2 aromatic rings. The van der Waals surface area contributed by atoms with Gasteiger partial charge in [0.15, 0.2) is 0 Å². The van der Waals surface area contributed by atoms with Crippen molar-refractivity contribution in [2.45, 2.75) is 38.2 Å². The summed E-state index contributed by atoms with van der Waals surface area (Å²) in [6.07, 6.45) is 4.91. The van der Waals surface area contributed by atoms with E-state index < -0.39 is 6.10 Å². The molecule has 6 heteroatoms. The van der Waals surface area contributed by atoms with Crippen LogP contribution in [0.5, 0.6) is 0 Å². The van der Waals surface area contributed by atoms with Gasteiger partial charge in [0.25, 0.3) is 0 Å². The molecule has 3 heterocycles. The maximum atomic E-state index is 12.6. The molecule has 2 saturated heterocycles. The average Bonchev–Trinajstić information content (AvgIpc) is 3.08. The molecule has 1 N–H and O–H groups in total. The number of piperidine rings is 1. The van der Waals surface area contributed by atoms with E-state index in [1.807, 2.05) is 24.3 Å². The van der Waals surface area contributed by atoms with Gasteiger partial charge in [-0.3, -0.25) is 14.6 Å². The fourth-order valence-electron chi connectivity index (χ4n) is 4.36. The Bertz CT molecular complexity index is 864. The standard InChI is InChI=1S/C22H27N3O3/c26-20-15-25(22(28)9-12-24-11-4-3-7-21(24)27)14-17(20)13-16-8-10-23-19-6-2-1-5-18(16)19/h1-2,5-6,8,10,17,20,26H,3-4,7,9,11-15H2/t17-,20+/m1/s1. The number of hydrogen-bond acceptors (Lipinski definition) is 4. The fraction of sp³-hybridized carbons (Fsp3) is 0.500. The van der Waals surface area contributed by atoms with Gasteiger partial charge in [-0.15, -0.1) is 0 Å². The number of aliphatic hydroxyl groups is 1. The average molecular weight is 381 g/mol. The van der Waals surface area contributed by atoms with Gasteiger partial charge in [0.1, 0.15) is 0 Å². The zero-order valence-corrected chi connectivity index (χ0v) is 16.1. The fourth-order valence-corrected chi connectivity index (χ4v) is 4.36. The van der Waals surface area contributed by atoms with E-state index in [-0.39, 0.29) is 17.7 Å². The lowest BCUT2D eigenvalue weighted by atomic mass is 9.94. The summed E-state index contributed by atoms with van der Waals surface area (Å²) < 4.78 is 0. The number of fused-ring (bicyclic) bond motifs is 1. The van der Waals surface area contributed by atoms with Crippen LogP contribution in [-0.2, 0) is 16.0 Å². The zero-order chi connectivity index (χ0) is 19.5. The van der Waals surface area contributed by atoms with E-state index in [2.05, 4.69) is 11.1 Å². The first kappa shape index (κ1) is 18.9. The molecule has 0 bridgehead atoms. The van der Waals surface area contributed by atoms with E-state index in [4.69, 9.17) is 0 Å². The third-order valence-electron chi connectivity index (χ3n) is 6.00. The molecule has 0 radical (unpaired) electrons. The molecule has 4 rings (SSSR count). The number of benzene rings is 1. The second kappa shape index (κ2) is 8.27. The molecule has 1 aromatic heterocycles. The zero-order valence-electron chi connectivity index (χ0n) is 16.1. The Morgan fingerprint density at radius 2 is 2.04 bits per heavy atom. The number of aromatic nitrogens is 1. The van der Waals surface area contributed by atoms with E-state index in [0.717, 1.165) is 42.3 Å². The molecular weight excluding hydrogens is 354 g/mol. The van der Waals surface area contributed by atoms with Crippen LogP contribution in [0.25, 0.3) is 10.9 Å². The second-order valence-electron chi connectivity index (χ2n) is 7.91. The number of rotatable bonds is 5. The summed E-state index contributed by atoms with van der Waals surface area (Å²) in [5.74, 6) is 0.203.